The Kier molecular flexibility index (Phi) is 11.3. The summed E-state index contributed by atoms with van der Waals surface area (Å²) in [6.07, 6.45) is 3.07. The standard InChI is InChI=1S/C32H41N3O5S/c1-6-7-18-33-32(37)29(21-26-13-9-8-10-14-26)34(22-27-15-11-12-24(2)19-27)31(36)23-35(41(5,38)39)28-20-25(3)16-17-30(28)40-4/h8-17,19-20,29H,6-7,18,21-23H2,1-5H3,(H,33,37)/t29-/m0/s1. The molecule has 0 aliphatic heterocycles. The van der Waals surface area contributed by atoms with E-state index in [0.717, 1.165) is 45.7 Å². The molecule has 3 aromatic carbocycles. The number of anilines is 1. The maximum Gasteiger partial charge on any atom is 0.244 e. The zero-order valence-corrected chi connectivity index (χ0v) is 25.4. The van der Waals surface area contributed by atoms with E-state index in [1.165, 1.54) is 12.0 Å². The molecule has 0 radical (unpaired) electrons. The molecule has 3 rings (SSSR count). The fraction of sp³-hybridized carbons (Fsp3) is 0.375. The SMILES string of the molecule is CCCCNC(=O)[C@H](Cc1ccccc1)N(Cc1cccc(C)c1)C(=O)CN(c1cc(C)ccc1OC)S(C)(=O)=O. The average Bonchev–Trinajstić information content (AvgIpc) is 2.93. The first-order chi connectivity index (χ1) is 19.5. The van der Waals surface area contributed by atoms with Crippen LogP contribution >= 0.6 is 0 Å². The van der Waals surface area contributed by atoms with E-state index in [2.05, 4.69) is 5.32 Å². The van der Waals surface area contributed by atoms with Gasteiger partial charge in [-0.2, -0.15) is 0 Å². The highest BCUT2D eigenvalue weighted by molar-refractivity contribution is 7.92. The number of unbranched alkanes of at least 4 members (excludes halogenated alkanes) is 1. The van der Waals surface area contributed by atoms with Crippen molar-refractivity contribution in [1.82, 2.24) is 10.2 Å². The Morgan fingerprint density at radius 3 is 2.24 bits per heavy atom. The van der Waals surface area contributed by atoms with Crippen LogP contribution in [0.4, 0.5) is 5.69 Å². The smallest absolute Gasteiger partial charge is 0.244 e. The number of benzene rings is 3. The summed E-state index contributed by atoms with van der Waals surface area (Å²) in [6.45, 7) is 5.99. The molecule has 0 bridgehead atoms. The van der Waals surface area contributed by atoms with Gasteiger partial charge in [0.25, 0.3) is 0 Å². The minimum Gasteiger partial charge on any atom is -0.495 e. The van der Waals surface area contributed by atoms with E-state index in [1.54, 1.807) is 12.1 Å². The average molecular weight is 580 g/mol. The van der Waals surface area contributed by atoms with Gasteiger partial charge in [-0.05, 0) is 49.1 Å². The van der Waals surface area contributed by atoms with Crippen LogP contribution in [0.5, 0.6) is 5.75 Å². The number of amides is 2. The monoisotopic (exact) mass is 579 g/mol. The van der Waals surface area contributed by atoms with E-state index < -0.39 is 28.5 Å². The number of ether oxygens (including phenoxy) is 1. The molecule has 1 atom stereocenters. The van der Waals surface area contributed by atoms with Crippen molar-refractivity contribution >= 4 is 27.5 Å². The number of aryl methyl sites for hydroxylation is 2. The summed E-state index contributed by atoms with van der Waals surface area (Å²) >= 11 is 0. The highest BCUT2D eigenvalue weighted by Gasteiger charge is 2.33. The third-order valence-corrected chi connectivity index (χ3v) is 7.94. The zero-order valence-electron chi connectivity index (χ0n) is 24.6. The number of nitrogens with one attached hydrogen (secondary N) is 1. The summed E-state index contributed by atoms with van der Waals surface area (Å²) < 4.78 is 32.6. The lowest BCUT2D eigenvalue weighted by atomic mass is 10.0. The van der Waals surface area contributed by atoms with Crippen LogP contribution in [0.25, 0.3) is 0 Å². The van der Waals surface area contributed by atoms with Crippen molar-refractivity contribution in [3.05, 3.63) is 95.1 Å². The zero-order chi connectivity index (χ0) is 30.0. The topological polar surface area (TPSA) is 96.0 Å². The number of rotatable bonds is 14. The molecule has 220 valence electrons. The van der Waals surface area contributed by atoms with E-state index >= 15 is 0 Å². The Bertz CT molecular complexity index is 1430. The van der Waals surface area contributed by atoms with E-state index in [4.69, 9.17) is 4.74 Å². The molecule has 3 aromatic rings. The number of methoxy groups -OCH3 is 1. The van der Waals surface area contributed by atoms with Crippen molar-refractivity contribution < 1.29 is 22.7 Å². The van der Waals surface area contributed by atoms with Crippen LogP contribution in [-0.2, 0) is 32.6 Å². The normalized spacial score (nSPS) is 11.9. The summed E-state index contributed by atoms with van der Waals surface area (Å²) in [5, 5.41) is 2.99. The van der Waals surface area contributed by atoms with E-state index in [1.807, 2.05) is 81.4 Å². The van der Waals surface area contributed by atoms with Crippen molar-refractivity contribution in [2.45, 2.75) is 52.6 Å². The van der Waals surface area contributed by atoms with Crippen LogP contribution in [0.1, 0.15) is 42.0 Å². The lowest BCUT2D eigenvalue weighted by molar-refractivity contribution is -0.140. The van der Waals surface area contributed by atoms with Gasteiger partial charge in [-0.25, -0.2) is 8.42 Å². The summed E-state index contributed by atoms with van der Waals surface area (Å²) in [6, 6.07) is 21.6. The Labute approximate surface area is 244 Å². The van der Waals surface area contributed by atoms with Gasteiger partial charge < -0.3 is 15.0 Å². The predicted octanol–water partition coefficient (Wildman–Crippen LogP) is 4.63. The molecule has 41 heavy (non-hydrogen) atoms. The predicted molar refractivity (Wildman–Crippen MR) is 164 cm³/mol. The Hall–Kier alpha value is -3.85. The number of hydrogen-bond donors (Lipinski definition) is 1. The molecule has 8 nitrogen and oxygen atoms in total. The second-order valence-electron chi connectivity index (χ2n) is 10.3. The molecule has 0 aliphatic rings. The number of hydrogen-bond acceptors (Lipinski definition) is 5. The molecule has 0 fully saturated rings. The third kappa shape index (κ3) is 9.08. The van der Waals surface area contributed by atoms with Crippen molar-refractivity contribution in [1.29, 1.82) is 0 Å². The molecule has 0 heterocycles. The van der Waals surface area contributed by atoms with Crippen molar-refractivity contribution in [3.8, 4) is 5.75 Å². The van der Waals surface area contributed by atoms with Gasteiger partial charge in [-0.1, -0.05) is 79.6 Å². The first-order valence-electron chi connectivity index (χ1n) is 13.8. The molecule has 0 saturated heterocycles. The van der Waals surface area contributed by atoms with Gasteiger partial charge in [0.1, 0.15) is 18.3 Å². The summed E-state index contributed by atoms with van der Waals surface area (Å²) in [4.78, 5) is 29.4. The summed E-state index contributed by atoms with van der Waals surface area (Å²) in [7, 11) is -2.44. The van der Waals surface area contributed by atoms with Crippen LogP contribution in [0.3, 0.4) is 0 Å². The van der Waals surface area contributed by atoms with Gasteiger partial charge in [0.15, 0.2) is 0 Å². The fourth-order valence-corrected chi connectivity index (χ4v) is 5.50. The second-order valence-corrected chi connectivity index (χ2v) is 12.2. The molecule has 0 aromatic heterocycles. The van der Waals surface area contributed by atoms with Gasteiger partial charge in [0.05, 0.1) is 19.1 Å². The van der Waals surface area contributed by atoms with E-state index in [9.17, 15) is 18.0 Å². The molecular weight excluding hydrogens is 538 g/mol. The van der Waals surface area contributed by atoms with E-state index in [-0.39, 0.29) is 24.6 Å². The first-order valence-corrected chi connectivity index (χ1v) is 15.7. The van der Waals surface area contributed by atoms with Crippen LogP contribution in [-0.4, -0.2) is 57.6 Å². The van der Waals surface area contributed by atoms with Gasteiger partial charge >= 0.3 is 0 Å². The number of carbonyl (C=O) groups is 2. The van der Waals surface area contributed by atoms with Crippen LogP contribution in [0.2, 0.25) is 0 Å². The first kappa shape index (κ1) is 31.7. The molecule has 2 amide bonds. The summed E-state index contributed by atoms with van der Waals surface area (Å²) in [5.74, 6) is -0.438. The number of sulfonamides is 1. The summed E-state index contributed by atoms with van der Waals surface area (Å²) in [5.41, 5.74) is 3.84. The lowest BCUT2D eigenvalue weighted by Crippen LogP contribution is -2.53. The van der Waals surface area contributed by atoms with E-state index in [0.29, 0.717) is 12.3 Å². The number of nitrogens with zero attached hydrogens (tertiary/aromatic N) is 2. The molecule has 1 N–H and O–H groups in total. The fourth-order valence-electron chi connectivity index (χ4n) is 4.66. The minimum absolute atomic E-state index is 0.141. The lowest BCUT2D eigenvalue weighted by Gasteiger charge is -2.34. The maximum atomic E-state index is 14.2. The Balaban J connectivity index is 2.08. The van der Waals surface area contributed by atoms with Crippen LogP contribution in [0, 0.1) is 13.8 Å². The quantitative estimate of drug-likeness (QED) is 0.281. The van der Waals surface area contributed by atoms with Crippen molar-refractivity contribution in [3.63, 3.8) is 0 Å². The molecular formula is C32H41N3O5S. The maximum absolute atomic E-state index is 14.2. The Morgan fingerprint density at radius 2 is 1.61 bits per heavy atom. The Morgan fingerprint density at radius 1 is 0.927 bits per heavy atom. The molecule has 9 heteroatoms. The van der Waals surface area contributed by atoms with Crippen LogP contribution < -0.4 is 14.4 Å². The highest BCUT2D eigenvalue weighted by atomic mass is 32.2. The second kappa shape index (κ2) is 14.7. The third-order valence-electron chi connectivity index (χ3n) is 6.82. The van der Waals surface area contributed by atoms with Gasteiger partial charge in [0, 0.05) is 19.5 Å². The highest BCUT2D eigenvalue weighted by Crippen LogP contribution is 2.31. The van der Waals surface area contributed by atoms with Gasteiger partial charge in [-0.3, -0.25) is 13.9 Å². The molecule has 0 aliphatic carbocycles. The van der Waals surface area contributed by atoms with Gasteiger partial charge in [-0.15, -0.1) is 0 Å². The molecule has 0 spiro atoms. The van der Waals surface area contributed by atoms with Crippen LogP contribution in [0.15, 0.2) is 72.8 Å². The van der Waals surface area contributed by atoms with Gasteiger partial charge in [0.2, 0.25) is 21.8 Å². The minimum atomic E-state index is -3.89. The molecule has 0 saturated carbocycles. The van der Waals surface area contributed by atoms with Crippen molar-refractivity contribution in [2.24, 2.45) is 0 Å². The number of carbonyl (C=O) groups excluding carboxylic acids is 2. The molecule has 0 unspecified atom stereocenters. The largest absolute Gasteiger partial charge is 0.495 e. The van der Waals surface area contributed by atoms with Crippen molar-refractivity contribution in [2.75, 3.05) is 30.8 Å².